The second-order valence-electron chi connectivity index (χ2n) is 8.36. The Morgan fingerprint density at radius 2 is 1.97 bits per heavy atom. The van der Waals surface area contributed by atoms with Crippen molar-refractivity contribution in [1.82, 2.24) is 15.1 Å². The van der Waals surface area contributed by atoms with Gasteiger partial charge < -0.3 is 15.0 Å². The van der Waals surface area contributed by atoms with Crippen LogP contribution in [-0.2, 0) is 15.3 Å². The Morgan fingerprint density at radius 3 is 2.59 bits per heavy atom. The number of benzene rings is 1. The second kappa shape index (κ2) is 8.42. The molecule has 3 heterocycles. The summed E-state index contributed by atoms with van der Waals surface area (Å²) in [6.45, 7) is 2.15. The molecule has 0 spiro atoms. The number of nitrogens with zero attached hydrogens (tertiary/aromatic N) is 5. The van der Waals surface area contributed by atoms with Crippen LogP contribution in [0.15, 0.2) is 50.5 Å². The molecule has 1 unspecified atom stereocenters. The molecule has 0 bridgehead atoms. The number of rotatable bonds is 5. The maximum absolute atomic E-state index is 15.0. The molecule has 4 rings (SSSR count). The maximum atomic E-state index is 15.0. The summed E-state index contributed by atoms with van der Waals surface area (Å²) in [5.74, 6) is -0.0157. The van der Waals surface area contributed by atoms with Crippen molar-refractivity contribution in [1.29, 1.82) is 0 Å². The van der Waals surface area contributed by atoms with Crippen LogP contribution in [0.4, 0.5) is 8.78 Å². The number of aromatic nitrogens is 3. The maximum Gasteiger partial charge on any atom is 0.181 e. The van der Waals surface area contributed by atoms with Crippen molar-refractivity contribution in [3.63, 3.8) is 0 Å². The summed E-state index contributed by atoms with van der Waals surface area (Å²) >= 11 is 0. The predicted molar refractivity (Wildman–Crippen MR) is 124 cm³/mol. The van der Waals surface area contributed by atoms with E-state index < -0.39 is 32.5 Å². The summed E-state index contributed by atoms with van der Waals surface area (Å²) in [6.07, 6.45) is 2.97. The molecule has 0 fully saturated rings. The molecule has 0 amide bonds. The van der Waals surface area contributed by atoms with Gasteiger partial charge in [-0.05, 0) is 32.0 Å². The third-order valence-corrected chi connectivity index (χ3v) is 9.32. The van der Waals surface area contributed by atoms with Gasteiger partial charge in [0.2, 0.25) is 0 Å². The van der Waals surface area contributed by atoms with Gasteiger partial charge in [0.05, 0.1) is 35.0 Å². The van der Waals surface area contributed by atoms with E-state index in [-0.39, 0.29) is 22.9 Å². The van der Waals surface area contributed by atoms with Gasteiger partial charge in [-0.3, -0.25) is 4.99 Å². The number of methoxy groups -OCH3 is 1. The molecule has 2 aromatic heterocycles. The predicted octanol–water partition coefficient (Wildman–Crippen LogP) is 3.36. The van der Waals surface area contributed by atoms with E-state index in [1.54, 1.807) is 19.9 Å². The molecule has 0 radical (unpaired) electrons. The van der Waals surface area contributed by atoms with Crippen molar-refractivity contribution in [3.8, 4) is 28.6 Å². The van der Waals surface area contributed by atoms with Crippen molar-refractivity contribution in [2.45, 2.75) is 24.1 Å². The smallest absolute Gasteiger partial charge is 0.181 e. The number of amidine groups is 1. The van der Waals surface area contributed by atoms with Crippen LogP contribution >= 0.6 is 0 Å². The minimum atomic E-state index is -3.06. The Labute approximate surface area is 195 Å². The van der Waals surface area contributed by atoms with Gasteiger partial charge in [-0.2, -0.15) is 0 Å². The summed E-state index contributed by atoms with van der Waals surface area (Å²) in [4.78, 5) is 12.6. The van der Waals surface area contributed by atoms with Crippen LogP contribution in [0.25, 0.3) is 22.8 Å². The molecule has 2 N–H and O–H groups in total. The summed E-state index contributed by atoms with van der Waals surface area (Å²) in [5, 5.41) is 3.97. The molecule has 0 aliphatic carbocycles. The van der Waals surface area contributed by atoms with Gasteiger partial charge >= 0.3 is 0 Å². The Hall–Kier alpha value is -3.41. The zero-order chi connectivity index (χ0) is 24.7. The Balaban J connectivity index is 1.79. The molecule has 180 valence electrons. The number of hydrogen-bond donors (Lipinski definition) is 1. The minimum absolute atomic E-state index is 0.0459. The Bertz CT molecular complexity index is 1380. The quantitative estimate of drug-likeness (QED) is 0.581. The van der Waals surface area contributed by atoms with Crippen LogP contribution in [0.3, 0.4) is 0 Å². The molecule has 1 aromatic carbocycles. The van der Waals surface area contributed by atoms with Crippen LogP contribution in [0.5, 0.6) is 5.75 Å². The summed E-state index contributed by atoms with van der Waals surface area (Å²) in [7, 11) is -0.170. The first kappa shape index (κ1) is 23.7. The van der Waals surface area contributed by atoms with Crippen LogP contribution in [0.2, 0.25) is 0 Å². The van der Waals surface area contributed by atoms with Gasteiger partial charge in [0.15, 0.2) is 23.0 Å². The monoisotopic (exact) mass is 490 g/mol. The van der Waals surface area contributed by atoms with E-state index in [4.69, 9.17) is 15.0 Å². The normalized spacial score (nSPS) is 23.9. The standard InChI is InChI=1S/C22H24F2N6O3S/c1-21(2)20(25)29-22(11-23,12-34(21,31)26-3)15-7-13(5-6-16(15)24)18-8-17(30-33-18)19-27-9-14(32-4)10-28-19/h5-10H,11-12H2,1-4H3,(H2,25,29)/t22?,34-/m0/s1. The summed E-state index contributed by atoms with van der Waals surface area (Å²) < 4.78 is 56.6. The Morgan fingerprint density at radius 1 is 1.26 bits per heavy atom. The van der Waals surface area contributed by atoms with Crippen LogP contribution in [0.1, 0.15) is 19.4 Å². The highest BCUT2D eigenvalue weighted by Gasteiger charge is 2.50. The van der Waals surface area contributed by atoms with E-state index in [2.05, 4.69) is 24.5 Å². The van der Waals surface area contributed by atoms with Gasteiger partial charge in [-0.1, -0.05) is 5.16 Å². The van der Waals surface area contributed by atoms with Gasteiger partial charge in [0, 0.05) is 24.2 Å². The van der Waals surface area contributed by atoms with E-state index in [1.807, 2.05) is 0 Å². The fourth-order valence-electron chi connectivity index (χ4n) is 3.74. The topological polar surface area (TPSA) is 129 Å². The first-order valence-corrected chi connectivity index (χ1v) is 12.0. The largest absolute Gasteiger partial charge is 0.494 e. The molecule has 2 atom stereocenters. The van der Waals surface area contributed by atoms with E-state index in [0.29, 0.717) is 22.8 Å². The van der Waals surface area contributed by atoms with Crippen molar-refractivity contribution < 1.29 is 22.2 Å². The molecule has 12 heteroatoms. The first-order valence-electron chi connectivity index (χ1n) is 10.3. The fraction of sp³-hybridized carbons (Fsp3) is 0.364. The van der Waals surface area contributed by atoms with Crippen molar-refractivity contribution in [2.24, 2.45) is 15.1 Å². The SMILES string of the molecule is CN=[S@]1(=O)CC(CF)(c2cc(-c3cc(-c4ncc(OC)cn4)no3)ccc2F)N=C(N)C1(C)C. The molecule has 34 heavy (non-hydrogen) atoms. The molecule has 9 nitrogen and oxygen atoms in total. The van der Waals surface area contributed by atoms with E-state index >= 15 is 4.39 Å². The van der Waals surface area contributed by atoms with Crippen molar-refractivity contribution in [3.05, 3.63) is 48.0 Å². The number of alkyl halides is 1. The minimum Gasteiger partial charge on any atom is -0.494 e. The average molecular weight is 491 g/mol. The van der Waals surface area contributed by atoms with Crippen LogP contribution in [-0.4, -0.2) is 56.5 Å². The second-order valence-corrected chi connectivity index (χ2v) is 11.3. The Kier molecular flexibility index (Phi) is 5.88. The number of nitrogens with two attached hydrogens (primary N) is 1. The lowest BCUT2D eigenvalue weighted by Crippen LogP contribution is -2.56. The van der Waals surface area contributed by atoms with Gasteiger partial charge in [0.25, 0.3) is 0 Å². The molecule has 0 saturated carbocycles. The fourth-order valence-corrected chi connectivity index (χ4v) is 6.01. The molecule has 0 saturated heterocycles. The van der Waals surface area contributed by atoms with Gasteiger partial charge in [-0.15, -0.1) is 0 Å². The molecule has 1 aliphatic rings. The van der Waals surface area contributed by atoms with Crippen molar-refractivity contribution in [2.75, 3.05) is 26.6 Å². The third-order valence-electron chi connectivity index (χ3n) is 6.05. The van der Waals surface area contributed by atoms with Crippen molar-refractivity contribution >= 4 is 15.6 Å². The highest BCUT2D eigenvalue weighted by molar-refractivity contribution is 7.95. The number of halogens is 2. The summed E-state index contributed by atoms with van der Waals surface area (Å²) in [5.41, 5.74) is 4.98. The molecule has 1 aliphatic heterocycles. The van der Waals surface area contributed by atoms with E-state index in [0.717, 1.165) is 0 Å². The lowest BCUT2D eigenvalue weighted by atomic mass is 9.90. The van der Waals surface area contributed by atoms with Crippen LogP contribution < -0.4 is 10.5 Å². The molecule has 3 aromatic rings. The highest BCUT2D eigenvalue weighted by atomic mass is 32.2. The number of ether oxygens (including phenoxy) is 1. The average Bonchev–Trinajstić information content (AvgIpc) is 3.33. The third kappa shape index (κ3) is 3.71. The number of aliphatic imine (C=N–C) groups is 1. The number of hydrogen-bond acceptors (Lipinski definition) is 9. The lowest BCUT2D eigenvalue weighted by Gasteiger charge is -2.41. The highest BCUT2D eigenvalue weighted by Crippen LogP contribution is 2.41. The first-order chi connectivity index (χ1) is 16.1. The zero-order valence-corrected chi connectivity index (χ0v) is 19.9. The van der Waals surface area contributed by atoms with E-state index in [1.165, 1.54) is 44.8 Å². The molecular formula is C22H24F2N6O3S. The lowest BCUT2D eigenvalue weighted by molar-refractivity contribution is 0.326. The zero-order valence-electron chi connectivity index (χ0n) is 19.1. The summed E-state index contributed by atoms with van der Waals surface area (Å²) in [6, 6.07) is 5.61. The molecular weight excluding hydrogens is 466 g/mol. The van der Waals surface area contributed by atoms with Gasteiger partial charge in [0.1, 0.15) is 28.6 Å². The van der Waals surface area contributed by atoms with Gasteiger partial charge in [-0.25, -0.2) is 27.3 Å². The van der Waals surface area contributed by atoms with Crippen LogP contribution in [0, 0.1) is 5.82 Å². The van der Waals surface area contributed by atoms with E-state index in [9.17, 15) is 8.60 Å².